The molecule has 1 aromatic heterocycles. The van der Waals surface area contributed by atoms with Gasteiger partial charge in [-0.05, 0) is 0 Å². The summed E-state index contributed by atoms with van der Waals surface area (Å²) in [5.41, 5.74) is 2.64. The standard InChI is InChI=1S/C14H24N.3C2H5O.Hf/c1-7-13(3,4)11-9-10-12(15-11)14(5,6)8-2;3*1-2-3;/h9-10H,7-8H2,1-6H3;3*2H2,1H3;/q4*-1;+4. The van der Waals surface area contributed by atoms with Crippen molar-refractivity contribution in [2.75, 3.05) is 19.8 Å². The zero-order chi connectivity index (χ0) is 19.3. The molecule has 1 heterocycles. The topological polar surface area (TPSA) is 32.6 Å². The Morgan fingerprint density at radius 1 is 0.720 bits per heavy atom. The van der Waals surface area contributed by atoms with Gasteiger partial charge >= 0.3 is 162 Å². The molecule has 0 spiro atoms. The van der Waals surface area contributed by atoms with Gasteiger partial charge in [0.25, 0.3) is 0 Å². The van der Waals surface area contributed by atoms with E-state index in [0.29, 0.717) is 19.8 Å². The van der Waals surface area contributed by atoms with Crippen molar-refractivity contribution in [1.29, 1.82) is 0 Å². The van der Waals surface area contributed by atoms with Crippen LogP contribution in [0.3, 0.4) is 0 Å². The van der Waals surface area contributed by atoms with Crippen LogP contribution in [0.5, 0.6) is 0 Å². The summed E-state index contributed by atoms with van der Waals surface area (Å²) in [6.45, 7) is 21.6. The van der Waals surface area contributed by atoms with Crippen LogP contribution in [0.4, 0.5) is 0 Å². The normalized spacial score (nSPS) is 13.5. The average Bonchev–Trinajstić information content (AvgIpc) is 3.03. The second-order valence-corrected chi connectivity index (χ2v) is 16.2. The minimum atomic E-state index is -4.14. The van der Waals surface area contributed by atoms with Gasteiger partial charge in [-0.1, -0.05) is 0 Å². The Bertz CT molecular complexity index is 487. The van der Waals surface area contributed by atoms with Crippen molar-refractivity contribution in [1.82, 2.24) is 2.55 Å². The quantitative estimate of drug-likeness (QED) is 0.355. The van der Waals surface area contributed by atoms with Crippen LogP contribution >= 0.6 is 0 Å². The van der Waals surface area contributed by atoms with Gasteiger partial charge in [-0.3, -0.25) is 0 Å². The molecule has 146 valence electrons. The predicted molar refractivity (Wildman–Crippen MR) is 101 cm³/mol. The monoisotopic (exact) mass is 521 g/mol. The molecule has 4 nitrogen and oxygen atoms in total. The summed E-state index contributed by atoms with van der Waals surface area (Å²) in [6, 6.07) is 4.53. The molecule has 0 radical (unpaired) electrons. The molecule has 0 bridgehead atoms. The van der Waals surface area contributed by atoms with E-state index in [-0.39, 0.29) is 10.8 Å². The van der Waals surface area contributed by atoms with Gasteiger partial charge in [0.1, 0.15) is 0 Å². The number of hydrogen-bond acceptors (Lipinski definition) is 3. The van der Waals surface area contributed by atoms with Gasteiger partial charge in [0.05, 0.1) is 0 Å². The van der Waals surface area contributed by atoms with Crippen molar-refractivity contribution in [3.63, 3.8) is 0 Å². The molecule has 0 fully saturated rings. The molecule has 0 atom stereocenters. The summed E-state index contributed by atoms with van der Waals surface area (Å²) >= 11 is -4.14. The zero-order valence-corrected chi connectivity index (χ0v) is 21.5. The van der Waals surface area contributed by atoms with Crippen LogP contribution in [0.15, 0.2) is 12.1 Å². The molecule has 25 heavy (non-hydrogen) atoms. The first-order valence-electron chi connectivity index (χ1n) is 9.80. The first kappa shape index (κ1) is 23.1. The maximum atomic E-state index is 6.36. The Morgan fingerprint density at radius 3 is 1.28 bits per heavy atom. The van der Waals surface area contributed by atoms with Crippen LogP contribution in [0.1, 0.15) is 86.5 Å². The molecule has 0 unspecified atom stereocenters. The van der Waals surface area contributed by atoms with Crippen molar-refractivity contribution >= 4 is 0 Å². The third kappa shape index (κ3) is 4.85. The van der Waals surface area contributed by atoms with Crippen LogP contribution < -0.4 is 0 Å². The third-order valence-electron chi connectivity index (χ3n) is 5.29. The number of nitrogens with zero attached hydrogens (tertiary/aromatic N) is 1. The molecule has 0 saturated carbocycles. The Kier molecular flexibility index (Phi) is 8.58. The molecular weight excluding hydrogens is 481 g/mol. The fraction of sp³-hybridized carbons (Fsp3) is 0.800. The van der Waals surface area contributed by atoms with Gasteiger partial charge in [-0.2, -0.15) is 0 Å². The van der Waals surface area contributed by atoms with Crippen molar-refractivity contribution in [3.8, 4) is 0 Å². The molecule has 0 aliphatic carbocycles. The molecule has 0 aliphatic heterocycles. The molecule has 0 N–H and O–H groups in total. The Morgan fingerprint density at radius 2 is 1.04 bits per heavy atom. The van der Waals surface area contributed by atoms with E-state index >= 15 is 0 Å². The van der Waals surface area contributed by atoms with Gasteiger partial charge in [0.15, 0.2) is 0 Å². The minimum absolute atomic E-state index is 0.0403. The molecular formula is C20H39HfNO3. The van der Waals surface area contributed by atoms with E-state index in [0.717, 1.165) is 12.8 Å². The van der Waals surface area contributed by atoms with Gasteiger partial charge in [0, 0.05) is 0 Å². The second-order valence-electron chi connectivity index (χ2n) is 7.74. The first-order chi connectivity index (χ1) is 11.7. The molecule has 0 aliphatic rings. The van der Waals surface area contributed by atoms with E-state index in [1.807, 2.05) is 20.8 Å². The summed E-state index contributed by atoms with van der Waals surface area (Å²) in [7, 11) is 0. The predicted octanol–water partition coefficient (Wildman–Crippen LogP) is 5.63. The van der Waals surface area contributed by atoms with Gasteiger partial charge in [-0.15, -0.1) is 0 Å². The summed E-state index contributed by atoms with van der Waals surface area (Å²) in [5.74, 6) is 0. The zero-order valence-electron chi connectivity index (χ0n) is 17.9. The van der Waals surface area contributed by atoms with Crippen LogP contribution in [0.25, 0.3) is 0 Å². The molecule has 1 aromatic rings. The van der Waals surface area contributed by atoms with E-state index < -0.39 is 21.6 Å². The SMILES string of the molecule is CC[O][Hf]([O]CC)([O]CC)[n]1c(C(C)(C)CC)ccc1C(C)(C)CC. The van der Waals surface area contributed by atoms with Gasteiger partial charge in [-0.25, -0.2) is 0 Å². The van der Waals surface area contributed by atoms with Crippen molar-refractivity contribution in [2.45, 2.75) is 86.0 Å². The van der Waals surface area contributed by atoms with E-state index in [1.54, 1.807) is 0 Å². The maximum absolute atomic E-state index is 6.36. The van der Waals surface area contributed by atoms with Crippen molar-refractivity contribution < 1.29 is 30.1 Å². The average molecular weight is 520 g/mol. The molecule has 1 rings (SSSR count). The van der Waals surface area contributed by atoms with Crippen molar-refractivity contribution in [3.05, 3.63) is 23.5 Å². The summed E-state index contributed by atoms with van der Waals surface area (Å²) in [6.07, 6.45) is 2.11. The summed E-state index contributed by atoms with van der Waals surface area (Å²) in [5, 5.41) is 0. The summed E-state index contributed by atoms with van der Waals surface area (Å²) in [4.78, 5) is 0. The second kappa shape index (κ2) is 9.29. The Labute approximate surface area is 161 Å². The first-order valence-corrected chi connectivity index (χ1v) is 15.8. The number of rotatable bonds is 11. The van der Waals surface area contributed by atoms with Crippen LogP contribution in [0, 0.1) is 0 Å². The van der Waals surface area contributed by atoms with E-state index in [2.05, 4.69) is 56.2 Å². The van der Waals surface area contributed by atoms with Crippen LogP contribution in [-0.4, -0.2) is 22.4 Å². The molecule has 0 amide bonds. The van der Waals surface area contributed by atoms with Crippen molar-refractivity contribution in [2.24, 2.45) is 0 Å². The molecule has 0 aromatic carbocycles. The van der Waals surface area contributed by atoms with Gasteiger partial charge in [0.2, 0.25) is 0 Å². The van der Waals surface area contributed by atoms with E-state index in [9.17, 15) is 0 Å². The van der Waals surface area contributed by atoms with Gasteiger partial charge < -0.3 is 0 Å². The van der Waals surface area contributed by atoms with E-state index in [4.69, 9.17) is 8.56 Å². The van der Waals surface area contributed by atoms with Crippen LogP contribution in [-0.2, 0) is 41.0 Å². The third-order valence-corrected chi connectivity index (χ3v) is 16.0. The Balaban J connectivity index is 3.77. The van der Waals surface area contributed by atoms with Crippen LogP contribution in [0.2, 0.25) is 0 Å². The fourth-order valence-corrected chi connectivity index (χ4v) is 14.1. The molecule has 0 saturated heterocycles. The molecule has 5 heteroatoms. The fourth-order valence-electron chi connectivity index (χ4n) is 3.02. The number of hydrogen-bond donors (Lipinski definition) is 0. The number of aromatic nitrogens is 1. The van der Waals surface area contributed by atoms with E-state index in [1.165, 1.54) is 11.4 Å². The Hall–Kier alpha value is 0.0301. The summed E-state index contributed by atoms with van der Waals surface area (Å²) < 4.78 is 21.5.